The number of aromatic amines is 1. The van der Waals surface area contributed by atoms with Crippen molar-refractivity contribution in [3.63, 3.8) is 0 Å². The fourth-order valence-electron chi connectivity index (χ4n) is 3.54. The number of nitrogens with one attached hydrogen (secondary N) is 3. The monoisotopic (exact) mass is 520 g/mol. The van der Waals surface area contributed by atoms with Crippen molar-refractivity contribution in [3.8, 4) is 22.7 Å². The van der Waals surface area contributed by atoms with Crippen molar-refractivity contribution in [1.29, 1.82) is 0 Å². The second-order valence-electron chi connectivity index (χ2n) is 7.86. The predicted octanol–water partition coefficient (Wildman–Crippen LogP) is 7.23. The number of carbonyl (C=O) groups is 1. The van der Waals surface area contributed by atoms with Gasteiger partial charge in [-0.15, -0.1) is 0 Å². The number of anilines is 1. The van der Waals surface area contributed by atoms with Crippen molar-refractivity contribution in [2.45, 2.75) is 6.92 Å². The average Bonchev–Trinajstić information content (AvgIpc) is 3.48. The topological polar surface area (TPSA) is 83.0 Å². The van der Waals surface area contributed by atoms with Crippen LogP contribution in [0.25, 0.3) is 33.7 Å². The summed E-state index contributed by atoms with van der Waals surface area (Å²) in [4.78, 5) is 20.5. The van der Waals surface area contributed by atoms with Crippen LogP contribution in [0.5, 0.6) is 0 Å². The molecule has 6 nitrogen and oxygen atoms in total. The number of rotatable bonds is 4. The van der Waals surface area contributed by atoms with Gasteiger partial charge in [0.25, 0.3) is 5.91 Å². The summed E-state index contributed by atoms with van der Waals surface area (Å²) in [5.41, 5.74) is 5.15. The lowest BCUT2D eigenvalue weighted by Crippen LogP contribution is -2.33. The van der Waals surface area contributed by atoms with Crippen molar-refractivity contribution in [2.75, 3.05) is 5.32 Å². The molecule has 2 heterocycles. The van der Waals surface area contributed by atoms with Gasteiger partial charge in [-0.1, -0.05) is 23.2 Å². The Morgan fingerprint density at radius 2 is 1.69 bits per heavy atom. The highest BCUT2D eigenvalue weighted by Crippen LogP contribution is 2.27. The molecule has 9 heteroatoms. The molecule has 2 aromatic heterocycles. The van der Waals surface area contributed by atoms with Crippen LogP contribution in [0, 0.1) is 6.92 Å². The van der Waals surface area contributed by atoms with Gasteiger partial charge in [-0.2, -0.15) is 0 Å². The number of fused-ring (bicyclic) bond motifs is 1. The molecule has 35 heavy (non-hydrogen) atoms. The molecule has 174 valence electrons. The Morgan fingerprint density at radius 3 is 2.43 bits per heavy atom. The molecule has 0 saturated heterocycles. The number of imidazole rings is 1. The van der Waals surface area contributed by atoms with Crippen molar-refractivity contribution >= 4 is 63.2 Å². The molecule has 1 amide bonds. The number of furan rings is 1. The van der Waals surface area contributed by atoms with Crippen LogP contribution >= 0.6 is 35.4 Å². The van der Waals surface area contributed by atoms with Gasteiger partial charge in [-0.05, 0) is 97.5 Å². The summed E-state index contributed by atoms with van der Waals surface area (Å²) in [5, 5.41) is 7.09. The standard InChI is InChI=1S/C26H18Cl2N4O2S/c1-14-12-20-21(13-19(14)28)31-24(30-20)16-4-8-18(9-5-16)29-26(35)32-25(33)23-11-10-22(34-23)15-2-6-17(27)7-3-15/h2-13H,1H3,(H,30,31)(H2,29,32,33,35). The zero-order valence-electron chi connectivity index (χ0n) is 18.4. The third kappa shape index (κ3) is 5.07. The number of H-pyrrole nitrogens is 1. The van der Waals surface area contributed by atoms with E-state index in [4.69, 9.17) is 39.8 Å². The summed E-state index contributed by atoms with van der Waals surface area (Å²) in [6, 6.07) is 21.8. The van der Waals surface area contributed by atoms with E-state index in [2.05, 4.69) is 20.6 Å². The molecule has 0 unspecified atom stereocenters. The Bertz CT molecular complexity index is 1520. The molecular formula is C26H18Cl2N4O2S. The zero-order chi connectivity index (χ0) is 24.5. The van der Waals surface area contributed by atoms with Crippen LogP contribution in [-0.2, 0) is 0 Å². The normalized spacial score (nSPS) is 10.9. The zero-order valence-corrected chi connectivity index (χ0v) is 20.7. The first-order valence-electron chi connectivity index (χ1n) is 10.6. The molecule has 0 bridgehead atoms. The molecule has 0 aliphatic heterocycles. The van der Waals surface area contributed by atoms with Crippen LogP contribution in [0.4, 0.5) is 5.69 Å². The number of thiocarbonyl (C=S) groups is 1. The Hall–Kier alpha value is -3.65. The first kappa shape index (κ1) is 23.1. The van der Waals surface area contributed by atoms with Crippen molar-refractivity contribution in [3.05, 3.63) is 94.2 Å². The summed E-state index contributed by atoms with van der Waals surface area (Å²) in [6.45, 7) is 1.95. The summed E-state index contributed by atoms with van der Waals surface area (Å²) in [7, 11) is 0. The first-order valence-corrected chi connectivity index (χ1v) is 11.8. The molecule has 5 rings (SSSR count). The minimum atomic E-state index is -0.449. The van der Waals surface area contributed by atoms with E-state index in [0.29, 0.717) is 15.8 Å². The molecular weight excluding hydrogens is 503 g/mol. The third-order valence-electron chi connectivity index (χ3n) is 5.36. The lowest BCUT2D eigenvalue weighted by Gasteiger charge is -2.09. The Morgan fingerprint density at radius 1 is 0.971 bits per heavy atom. The number of halogens is 2. The molecule has 0 spiro atoms. The van der Waals surface area contributed by atoms with Gasteiger partial charge in [-0.3, -0.25) is 10.1 Å². The van der Waals surface area contributed by atoms with E-state index >= 15 is 0 Å². The summed E-state index contributed by atoms with van der Waals surface area (Å²) in [5.74, 6) is 0.993. The van der Waals surface area contributed by atoms with Gasteiger partial charge in [-0.25, -0.2) is 4.98 Å². The number of aryl methyl sites for hydroxylation is 1. The van der Waals surface area contributed by atoms with E-state index in [1.54, 1.807) is 24.3 Å². The maximum absolute atomic E-state index is 12.5. The number of carbonyl (C=O) groups excluding carboxylic acids is 1. The van der Waals surface area contributed by atoms with E-state index in [-0.39, 0.29) is 10.9 Å². The maximum atomic E-state index is 12.5. The maximum Gasteiger partial charge on any atom is 0.293 e. The van der Waals surface area contributed by atoms with Gasteiger partial charge < -0.3 is 14.7 Å². The fourth-order valence-corrected chi connectivity index (χ4v) is 4.04. The lowest BCUT2D eigenvalue weighted by molar-refractivity contribution is 0.0951. The van der Waals surface area contributed by atoms with E-state index in [9.17, 15) is 4.79 Å². The summed E-state index contributed by atoms with van der Waals surface area (Å²) in [6.07, 6.45) is 0. The quantitative estimate of drug-likeness (QED) is 0.217. The third-order valence-corrected chi connectivity index (χ3v) is 6.23. The van der Waals surface area contributed by atoms with E-state index in [0.717, 1.165) is 39.2 Å². The SMILES string of the molecule is Cc1cc2[nH]c(-c3ccc(NC(=S)NC(=O)c4ccc(-c5ccc(Cl)cc5)o4)cc3)nc2cc1Cl. The highest BCUT2D eigenvalue weighted by molar-refractivity contribution is 7.80. The van der Waals surface area contributed by atoms with E-state index < -0.39 is 5.91 Å². The van der Waals surface area contributed by atoms with E-state index in [1.807, 2.05) is 55.5 Å². The Kier molecular flexibility index (Phi) is 6.30. The highest BCUT2D eigenvalue weighted by atomic mass is 35.5. The Labute approximate surface area is 216 Å². The van der Waals surface area contributed by atoms with Crippen molar-refractivity contribution < 1.29 is 9.21 Å². The molecule has 3 N–H and O–H groups in total. The van der Waals surface area contributed by atoms with Crippen LogP contribution in [0.1, 0.15) is 16.1 Å². The second kappa shape index (κ2) is 9.54. The molecule has 0 fully saturated rings. The molecule has 0 saturated carbocycles. The minimum absolute atomic E-state index is 0.148. The van der Waals surface area contributed by atoms with Gasteiger partial charge in [0.05, 0.1) is 11.0 Å². The smallest absolute Gasteiger partial charge is 0.293 e. The van der Waals surface area contributed by atoms with Crippen LogP contribution in [0.15, 0.2) is 77.2 Å². The molecule has 0 aliphatic rings. The van der Waals surface area contributed by atoms with Crippen molar-refractivity contribution in [1.82, 2.24) is 15.3 Å². The van der Waals surface area contributed by atoms with Crippen LogP contribution in [0.2, 0.25) is 10.0 Å². The van der Waals surface area contributed by atoms with Crippen LogP contribution in [0.3, 0.4) is 0 Å². The fraction of sp³-hybridized carbons (Fsp3) is 0.0385. The van der Waals surface area contributed by atoms with Gasteiger partial charge in [0.2, 0.25) is 0 Å². The average molecular weight is 521 g/mol. The van der Waals surface area contributed by atoms with E-state index in [1.165, 1.54) is 0 Å². The number of hydrogen-bond acceptors (Lipinski definition) is 4. The summed E-state index contributed by atoms with van der Waals surface area (Å²) >= 11 is 17.4. The lowest BCUT2D eigenvalue weighted by atomic mass is 10.2. The van der Waals surface area contributed by atoms with Gasteiger partial charge in [0.15, 0.2) is 10.9 Å². The predicted molar refractivity (Wildman–Crippen MR) is 144 cm³/mol. The first-order chi connectivity index (χ1) is 16.9. The highest BCUT2D eigenvalue weighted by Gasteiger charge is 2.14. The van der Waals surface area contributed by atoms with Crippen LogP contribution in [-0.4, -0.2) is 21.0 Å². The molecule has 0 radical (unpaired) electrons. The molecule has 0 aliphatic carbocycles. The number of aromatic nitrogens is 2. The van der Waals surface area contributed by atoms with Gasteiger partial charge in [0, 0.05) is 26.9 Å². The number of benzene rings is 3. The minimum Gasteiger partial charge on any atom is -0.451 e. The largest absolute Gasteiger partial charge is 0.451 e. The number of nitrogens with zero attached hydrogens (tertiary/aromatic N) is 1. The number of hydrogen-bond donors (Lipinski definition) is 3. The van der Waals surface area contributed by atoms with Crippen molar-refractivity contribution in [2.24, 2.45) is 0 Å². The van der Waals surface area contributed by atoms with Crippen LogP contribution < -0.4 is 10.6 Å². The number of amides is 1. The molecule has 3 aromatic carbocycles. The van der Waals surface area contributed by atoms with Gasteiger partial charge >= 0.3 is 0 Å². The second-order valence-corrected chi connectivity index (χ2v) is 9.11. The Balaban J connectivity index is 1.23. The molecule has 0 atom stereocenters. The summed E-state index contributed by atoms with van der Waals surface area (Å²) < 4.78 is 5.67. The molecule has 5 aromatic rings. The van der Waals surface area contributed by atoms with Gasteiger partial charge in [0.1, 0.15) is 11.6 Å².